The van der Waals surface area contributed by atoms with Crippen molar-refractivity contribution in [2.24, 2.45) is 0 Å². The third kappa shape index (κ3) is 5.14. The summed E-state index contributed by atoms with van der Waals surface area (Å²) in [6.07, 6.45) is 5.43. The van der Waals surface area contributed by atoms with Crippen LogP contribution >= 0.6 is 0 Å². The van der Waals surface area contributed by atoms with Gasteiger partial charge in [0.1, 0.15) is 18.1 Å². The number of likely N-dealkylation sites (tertiary alicyclic amines) is 1. The fourth-order valence-corrected chi connectivity index (χ4v) is 3.91. The number of nitrogens with zero attached hydrogens (tertiary/aromatic N) is 2. The second-order valence-electron chi connectivity index (χ2n) is 7.77. The number of hydrogen-bond acceptors (Lipinski definition) is 5. The van der Waals surface area contributed by atoms with E-state index in [1.165, 1.54) is 4.90 Å². The van der Waals surface area contributed by atoms with Gasteiger partial charge in [0, 0.05) is 25.2 Å². The van der Waals surface area contributed by atoms with E-state index in [1.54, 1.807) is 19.5 Å². The van der Waals surface area contributed by atoms with Gasteiger partial charge in [0.15, 0.2) is 0 Å². The van der Waals surface area contributed by atoms with Gasteiger partial charge in [-0.25, -0.2) is 0 Å². The van der Waals surface area contributed by atoms with E-state index in [1.807, 2.05) is 60.7 Å². The summed E-state index contributed by atoms with van der Waals surface area (Å²) in [4.78, 5) is 30.1. The van der Waals surface area contributed by atoms with Crippen molar-refractivity contribution in [1.82, 2.24) is 9.88 Å². The van der Waals surface area contributed by atoms with Gasteiger partial charge in [0.05, 0.1) is 13.2 Å². The standard InChI is InChI=1S/C26H26N2O4/c1-31-24-4-2-3-21(17-24)20-6-9-23(10-7-20)32-18-22(28-25(29)11-12-26(28)30)8-5-19-13-15-27-16-14-19/h2-4,6-7,9-10,13-17,22H,5,8,11-12,18H2,1H3. The topological polar surface area (TPSA) is 68.7 Å². The molecule has 0 radical (unpaired) electrons. The highest BCUT2D eigenvalue weighted by molar-refractivity contribution is 6.02. The van der Waals surface area contributed by atoms with Crippen LogP contribution in [0.2, 0.25) is 0 Å². The Morgan fingerprint density at radius 2 is 1.62 bits per heavy atom. The molecular weight excluding hydrogens is 404 g/mol. The maximum atomic E-state index is 12.3. The summed E-state index contributed by atoms with van der Waals surface area (Å²) in [6, 6.07) is 19.3. The number of methoxy groups -OCH3 is 1. The molecule has 1 fully saturated rings. The maximum absolute atomic E-state index is 12.3. The average molecular weight is 431 g/mol. The molecule has 2 heterocycles. The zero-order valence-electron chi connectivity index (χ0n) is 18.1. The van der Waals surface area contributed by atoms with Crippen molar-refractivity contribution in [3.8, 4) is 22.6 Å². The molecular formula is C26H26N2O4. The molecule has 1 aliphatic rings. The molecule has 0 spiro atoms. The van der Waals surface area contributed by atoms with Crippen molar-refractivity contribution < 1.29 is 19.1 Å². The average Bonchev–Trinajstić information content (AvgIpc) is 3.18. The molecule has 2 amide bonds. The minimum atomic E-state index is -0.302. The Balaban J connectivity index is 1.43. The van der Waals surface area contributed by atoms with Crippen LogP contribution in [-0.2, 0) is 16.0 Å². The Labute approximate surface area is 187 Å². The van der Waals surface area contributed by atoms with E-state index in [2.05, 4.69) is 4.98 Å². The molecule has 6 nitrogen and oxygen atoms in total. The summed E-state index contributed by atoms with van der Waals surface area (Å²) in [5.41, 5.74) is 3.22. The first-order chi connectivity index (χ1) is 15.6. The van der Waals surface area contributed by atoms with Crippen molar-refractivity contribution in [2.75, 3.05) is 13.7 Å². The predicted molar refractivity (Wildman–Crippen MR) is 121 cm³/mol. The van der Waals surface area contributed by atoms with Crippen LogP contribution in [-0.4, -0.2) is 41.5 Å². The number of carbonyl (C=O) groups is 2. The molecule has 0 bridgehead atoms. The largest absolute Gasteiger partial charge is 0.497 e. The fourth-order valence-electron chi connectivity index (χ4n) is 3.91. The quantitative estimate of drug-likeness (QED) is 0.474. The summed E-state index contributed by atoms with van der Waals surface area (Å²) in [6.45, 7) is 0.265. The van der Waals surface area contributed by atoms with Gasteiger partial charge in [-0.2, -0.15) is 0 Å². The molecule has 1 aromatic heterocycles. The number of aromatic nitrogens is 1. The first-order valence-electron chi connectivity index (χ1n) is 10.7. The van der Waals surface area contributed by atoms with Gasteiger partial charge in [-0.05, 0) is 65.9 Å². The van der Waals surface area contributed by atoms with Gasteiger partial charge in [0.2, 0.25) is 11.8 Å². The summed E-state index contributed by atoms with van der Waals surface area (Å²) >= 11 is 0. The number of hydrogen-bond donors (Lipinski definition) is 0. The van der Waals surface area contributed by atoms with E-state index in [0.717, 1.165) is 28.9 Å². The van der Waals surface area contributed by atoms with E-state index in [0.29, 0.717) is 12.2 Å². The van der Waals surface area contributed by atoms with E-state index in [4.69, 9.17) is 9.47 Å². The van der Waals surface area contributed by atoms with Crippen LogP contribution < -0.4 is 9.47 Å². The van der Waals surface area contributed by atoms with Crippen LogP contribution in [0.5, 0.6) is 11.5 Å². The zero-order chi connectivity index (χ0) is 22.3. The summed E-state index contributed by atoms with van der Waals surface area (Å²) in [5, 5.41) is 0. The van der Waals surface area contributed by atoms with Crippen LogP contribution in [0.1, 0.15) is 24.8 Å². The van der Waals surface area contributed by atoms with Gasteiger partial charge < -0.3 is 9.47 Å². The monoisotopic (exact) mass is 430 g/mol. The third-order valence-electron chi connectivity index (χ3n) is 5.67. The van der Waals surface area contributed by atoms with Crippen molar-refractivity contribution >= 4 is 11.8 Å². The van der Waals surface area contributed by atoms with Crippen molar-refractivity contribution in [1.29, 1.82) is 0 Å². The lowest BCUT2D eigenvalue weighted by molar-refractivity contribution is -0.142. The molecule has 6 heteroatoms. The lowest BCUT2D eigenvalue weighted by Crippen LogP contribution is -2.43. The number of rotatable bonds is 9. The van der Waals surface area contributed by atoms with Crippen molar-refractivity contribution in [3.05, 3.63) is 78.6 Å². The molecule has 0 saturated carbocycles. The maximum Gasteiger partial charge on any atom is 0.230 e. The number of ether oxygens (including phenoxy) is 2. The molecule has 0 N–H and O–H groups in total. The lowest BCUT2D eigenvalue weighted by Gasteiger charge is -2.26. The van der Waals surface area contributed by atoms with Crippen LogP contribution in [0.15, 0.2) is 73.1 Å². The highest BCUT2D eigenvalue weighted by Crippen LogP contribution is 2.26. The number of imide groups is 1. The number of carbonyl (C=O) groups excluding carboxylic acids is 2. The second kappa shape index (κ2) is 10.1. The van der Waals surface area contributed by atoms with Gasteiger partial charge in [-0.1, -0.05) is 24.3 Å². The van der Waals surface area contributed by atoms with Gasteiger partial charge >= 0.3 is 0 Å². The zero-order valence-corrected chi connectivity index (χ0v) is 18.1. The first kappa shape index (κ1) is 21.6. The Morgan fingerprint density at radius 1 is 0.906 bits per heavy atom. The highest BCUT2D eigenvalue weighted by atomic mass is 16.5. The molecule has 2 aromatic carbocycles. The molecule has 164 valence electrons. The highest BCUT2D eigenvalue weighted by Gasteiger charge is 2.35. The lowest BCUT2D eigenvalue weighted by atomic mass is 10.0. The third-order valence-corrected chi connectivity index (χ3v) is 5.67. The predicted octanol–water partition coefficient (Wildman–Crippen LogP) is 4.29. The fraction of sp³-hybridized carbons (Fsp3) is 0.269. The Bertz CT molecular complexity index is 1050. The van der Waals surface area contributed by atoms with Gasteiger partial charge in [-0.3, -0.25) is 19.5 Å². The van der Waals surface area contributed by atoms with Gasteiger partial charge in [-0.15, -0.1) is 0 Å². The van der Waals surface area contributed by atoms with Crippen LogP contribution in [0, 0.1) is 0 Å². The summed E-state index contributed by atoms with van der Waals surface area (Å²) in [5.74, 6) is 1.27. The molecule has 1 unspecified atom stereocenters. The van der Waals surface area contributed by atoms with E-state index < -0.39 is 0 Å². The Kier molecular flexibility index (Phi) is 6.80. The molecule has 1 atom stereocenters. The van der Waals surface area contributed by atoms with Crippen LogP contribution in [0.4, 0.5) is 0 Å². The number of benzene rings is 2. The van der Waals surface area contributed by atoms with Gasteiger partial charge in [0.25, 0.3) is 0 Å². The van der Waals surface area contributed by atoms with E-state index >= 15 is 0 Å². The van der Waals surface area contributed by atoms with Crippen LogP contribution in [0.25, 0.3) is 11.1 Å². The minimum Gasteiger partial charge on any atom is -0.497 e. The number of amides is 2. The second-order valence-corrected chi connectivity index (χ2v) is 7.77. The summed E-state index contributed by atoms with van der Waals surface area (Å²) in [7, 11) is 1.65. The Morgan fingerprint density at radius 3 is 2.31 bits per heavy atom. The molecule has 4 rings (SSSR count). The molecule has 1 saturated heterocycles. The molecule has 1 aliphatic heterocycles. The molecule has 0 aliphatic carbocycles. The first-order valence-corrected chi connectivity index (χ1v) is 10.7. The van der Waals surface area contributed by atoms with Crippen LogP contribution in [0.3, 0.4) is 0 Å². The number of aryl methyl sites for hydroxylation is 1. The number of pyridine rings is 1. The van der Waals surface area contributed by atoms with Crippen molar-refractivity contribution in [2.45, 2.75) is 31.7 Å². The smallest absolute Gasteiger partial charge is 0.230 e. The Hall–Kier alpha value is -3.67. The van der Waals surface area contributed by atoms with E-state index in [9.17, 15) is 9.59 Å². The SMILES string of the molecule is COc1cccc(-c2ccc(OCC(CCc3ccncc3)N3C(=O)CCC3=O)cc2)c1. The van der Waals surface area contributed by atoms with Crippen molar-refractivity contribution in [3.63, 3.8) is 0 Å². The summed E-state index contributed by atoms with van der Waals surface area (Å²) < 4.78 is 11.3. The molecule has 32 heavy (non-hydrogen) atoms. The van der Waals surface area contributed by atoms with E-state index in [-0.39, 0.29) is 37.3 Å². The molecule has 3 aromatic rings. The minimum absolute atomic E-state index is 0.119. The normalized spacial score (nSPS) is 14.5.